The lowest BCUT2D eigenvalue weighted by molar-refractivity contribution is -0.237. The van der Waals surface area contributed by atoms with Crippen LogP contribution in [-0.2, 0) is 9.53 Å². The number of nitrogens with one attached hydrogen (secondary N) is 1. The zero-order valence-electron chi connectivity index (χ0n) is 12.9. The van der Waals surface area contributed by atoms with E-state index < -0.39 is 30.3 Å². The van der Waals surface area contributed by atoms with Crippen LogP contribution in [0.2, 0.25) is 4.34 Å². The van der Waals surface area contributed by atoms with Crippen molar-refractivity contribution in [1.29, 1.82) is 0 Å². The Labute approximate surface area is 151 Å². The maximum Gasteiger partial charge on any atom is 0.403 e. The van der Waals surface area contributed by atoms with E-state index in [1.165, 1.54) is 23.6 Å². The number of hydrogen-bond acceptors (Lipinski definition) is 4. The van der Waals surface area contributed by atoms with Crippen LogP contribution in [0.15, 0.2) is 30.5 Å². The summed E-state index contributed by atoms with van der Waals surface area (Å²) in [5, 5.41) is 2.29. The minimum Gasteiger partial charge on any atom is -0.381 e. The van der Waals surface area contributed by atoms with Crippen LogP contribution in [0.4, 0.5) is 19.0 Å². The number of carbonyl (C=O) groups excluding carboxylic acids is 1. The fraction of sp³-hybridized carbons (Fsp3) is 0.375. The molecule has 0 unspecified atom stereocenters. The smallest absolute Gasteiger partial charge is 0.381 e. The first kappa shape index (κ1) is 18.2. The van der Waals surface area contributed by atoms with Gasteiger partial charge >= 0.3 is 6.18 Å². The van der Waals surface area contributed by atoms with Gasteiger partial charge in [-0.3, -0.25) is 4.79 Å². The van der Waals surface area contributed by atoms with Crippen molar-refractivity contribution in [1.82, 2.24) is 4.98 Å². The average Bonchev–Trinajstić information content (AvgIpc) is 3.01. The van der Waals surface area contributed by atoms with Gasteiger partial charge in [-0.2, -0.15) is 13.2 Å². The fourth-order valence-electron chi connectivity index (χ4n) is 2.68. The van der Waals surface area contributed by atoms with E-state index in [4.69, 9.17) is 16.3 Å². The van der Waals surface area contributed by atoms with E-state index in [0.29, 0.717) is 4.34 Å². The first-order chi connectivity index (χ1) is 11.8. The quantitative estimate of drug-likeness (QED) is 0.822. The highest BCUT2D eigenvalue weighted by Gasteiger charge is 2.60. The van der Waals surface area contributed by atoms with Gasteiger partial charge in [0.15, 0.2) is 0 Å². The molecule has 2 aromatic heterocycles. The van der Waals surface area contributed by atoms with Gasteiger partial charge in [0.25, 0.3) is 0 Å². The fourth-order valence-corrected chi connectivity index (χ4v) is 3.71. The number of thiophene rings is 1. The molecule has 1 aliphatic heterocycles. The summed E-state index contributed by atoms with van der Waals surface area (Å²) in [4.78, 5) is 17.3. The van der Waals surface area contributed by atoms with Gasteiger partial charge in [0, 0.05) is 29.9 Å². The number of rotatable bonds is 3. The molecular weight excluding hydrogens is 377 g/mol. The molecule has 0 aliphatic carbocycles. The minimum atomic E-state index is -4.64. The molecule has 25 heavy (non-hydrogen) atoms. The molecule has 134 valence electrons. The average molecular weight is 391 g/mol. The topological polar surface area (TPSA) is 51.2 Å². The summed E-state index contributed by atoms with van der Waals surface area (Å²) >= 11 is 7.24. The zero-order chi connectivity index (χ0) is 18.1. The summed E-state index contributed by atoms with van der Waals surface area (Å²) in [6.45, 7) is -0.198. The lowest BCUT2D eigenvalue weighted by atomic mass is 9.78. The Morgan fingerprint density at radius 3 is 2.48 bits per heavy atom. The lowest BCUT2D eigenvalue weighted by Gasteiger charge is -2.36. The van der Waals surface area contributed by atoms with Gasteiger partial charge in [0.2, 0.25) is 5.91 Å². The van der Waals surface area contributed by atoms with Crippen molar-refractivity contribution < 1.29 is 22.7 Å². The van der Waals surface area contributed by atoms with E-state index in [-0.39, 0.29) is 19.0 Å². The normalized spacial score (nSPS) is 17.3. The third-order valence-corrected chi connectivity index (χ3v) is 5.47. The van der Waals surface area contributed by atoms with Crippen LogP contribution in [-0.4, -0.2) is 30.3 Å². The minimum absolute atomic E-state index is 0.0755. The predicted molar refractivity (Wildman–Crippen MR) is 89.7 cm³/mol. The van der Waals surface area contributed by atoms with Crippen molar-refractivity contribution in [3.05, 3.63) is 34.8 Å². The van der Waals surface area contributed by atoms with Crippen molar-refractivity contribution in [2.24, 2.45) is 5.41 Å². The standard InChI is InChI=1S/C16H14ClF3N2O2S/c17-12-3-2-11(25-12)10-1-4-13(21-9-10)22-14(23)15(16(18,19)20)5-7-24-8-6-15/h1-4,9H,5-8H2,(H,21,22,23). The van der Waals surface area contributed by atoms with Crippen LogP contribution in [0.25, 0.3) is 10.4 Å². The Kier molecular flexibility index (Phi) is 5.04. The number of pyridine rings is 1. The van der Waals surface area contributed by atoms with Crippen LogP contribution < -0.4 is 5.32 Å². The Morgan fingerprint density at radius 2 is 1.96 bits per heavy atom. The molecule has 1 aliphatic rings. The van der Waals surface area contributed by atoms with E-state index >= 15 is 0 Å². The lowest BCUT2D eigenvalue weighted by Crippen LogP contribution is -2.51. The largest absolute Gasteiger partial charge is 0.403 e. The number of ether oxygens (including phenoxy) is 1. The predicted octanol–water partition coefficient (Wildman–Crippen LogP) is 4.76. The third-order valence-electron chi connectivity index (χ3n) is 4.19. The molecular formula is C16H14ClF3N2O2S. The molecule has 0 radical (unpaired) electrons. The number of aromatic nitrogens is 1. The molecule has 1 fully saturated rings. The van der Waals surface area contributed by atoms with Gasteiger partial charge in [0.1, 0.15) is 11.2 Å². The van der Waals surface area contributed by atoms with E-state index in [1.807, 2.05) is 6.07 Å². The van der Waals surface area contributed by atoms with Crippen molar-refractivity contribution >= 4 is 34.7 Å². The highest BCUT2D eigenvalue weighted by atomic mass is 35.5. The summed E-state index contributed by atoms with van der Waals surface area (Å²) in [5.41, 5.74) is -1.67. The third kappa shape index (κ3) is 3.65. The summed E-state index contributed by atoms with van der Waals surface area (Å²) in [6.07, 6.45) is -3.95. The number of carbonyl (C=O) groups is 1. The molecule has 0 spiro atoms. The molecule has 1 N–H and O–H groups in total. The molecule has 0 atom stereocenters. The summed E-state index contributed by atoms with van der Waals surface area (Å²) in [5.74, 6) is -1.02. The van der Waals surface area contributed by atoms with Crippen LogP contribution >= 0.6 is 22.9 Å². The SMILES string of the molecule is O=C(Nc1ccc(-c2ccc(Cl)s2)cn1)C1(C(F)(F)F)CCOCC1. The van der Waals surface area contributed by atoms with Crippen LogP contribution in [0.3, 0.4) is 0 Å². The molecule has 2 aromatic rings. The Morgan fingerprint density at radius 1 is 1.24 bits per heavy atom. The molecule has 4 nitrogen and oxygen atoms in total. The summed E-state index contributed by atoms with van der Waals surface area (Å²) in [7, 11) is 0. The van der Waals surface area contributed by atoms with Crippen molar-refractivity contribution in [2.75, 3.05) is 18.5 Å². The molecule has 1 saturated heterocycles. The zero-order valence-corrected chi connectivity index (χ0v) is 14.5. The summed E-state index contributed by atoms with van der Waals surface area (Å²) in [6, 6.07) is 6.72. The summed E-state index contributed by atoms with van der Waals surface area (Å²) < 4.78 is 46.1. The molecule has 1 amide bonds. The van der Waals surface area contributed by atoms with Crippen molar-refractivity contribution in [3.63, 3.8) is 0 Å². The number of hydrogen-bond donors (Lipinski definition) is 1. The Hall–Kier alpha value is -1.64. The second-order valence-electron chi connectivity index (χ2n) is 5.68. The number of halogens is 4. The Balaban J connectivity index is 1.77. The van der Waals surface area contributed by atoms with Crippen LogP contribution in [0, 0.1) is 5.41 Å². The van der Waals surface area contributed by atoms with Crippen molar-refractivity contribution in [3.8, 4) is 10.4 Å². The molecule has 9 heteroatoms. The van der Waals surface area contributed by atoms with Gasteiger partial charge in [0.05, 0.1) is 4.34 Å². The van der Waals surface area contributed by atoms with Gasteiger partial charge in [-0.1, -0.05) is 11.6 Å². The van der Waals surface area contributed by atoms with Crippen LogP contribution in [0.1, 0.15) is 12.8 Å². The molecule has 0 saturated carbocycles. The number of anilines is 1. The van der Waals surface area contributed by atoms with E-state index in [2.05, 4.69) is 10.3 Å². The monoisotopic (exact) mass is 390 g/mol. The molecule has 0 bridgehead atoms. The first-order valence-electron chi connectivity index (χ1n) is 7.49. The van der Waals surface area contributed by atoms with Gasteiger partial charge < -0.3 is 10.1 Å². The van der Waals surface area contributed by atoms with Crippen molar-refractivity contribution in [2.45, 2.75) is 19.0 Å². The second kappa shape index (κ2) is 6.93. The molecule has 3 rings (SSSR count). The molecule has 0 aromatic carbocycles. The van der Waals surface area contributed by atoms with Gasteiger partial charge in [-0.05, 0) is 37.1 Å². The van der Waals surface area contributed by atoms with Crippen LogP contribution in [0.5, 0.6) is 0 Å². The molecule has 3 heterocycles. The highest BCUT2D eigenvalue weighted by molar-refractivity contribution is 7.19. The number of alkyl halides is 3. The van der Waals surface area contributed by atoms with E-state index in [1.54, 1.807) is 12.1 Å². The van der Waals surface area contributed by atoms with Gasteiger partial charge in [-0.15, -0.1) is 11.3 Å². The number of amides is 1. The highest BCUT2D eigenvalue weighted by Crippen LogP contribution is 2.46. The van der Waals surface area contributed by atoms with E-state index in [0.717, 1.165) is 10.4 Å². The first-order valence-corrected chi connectivity index (χ1v) is 8.69. The second-order valence-corrected chi connectivity index (χ2v) is 7.40. The Bertz CT molecular complexity index is 755. The van der Waals surface area contributed by atoms with Gasteiger partial charge in [-0.25, -0.2) is 4.98 Å². The maximum absolute atomic E-state index is 13.5. The number of nitrogens with zero attached hydrogens (tertiary/aromatic N) is 1. The van der Waals surface area contributed by atoms with E-state index in [9.17, 15) is 18.0 Å². The maximum atomic E-state index is 13.5.